The number of piperidine rings is 1. The number of rotatable bonds is 7. The first-order valence-electron chi connectivity index (χ1n) is 7.59. The van der Waals surface area contributed by atoms with Crippen LogP contribution in [-0.2, 0) is 9.53 Å². The Kier molecular flexibility index (Phi) is 7.39. The molecule has 1 amide bonds. The Morgan fingerprint density at radius 1 is 1.37 bits per heavy atom. The van der Waals surface area contributed by atoms with Crippen molar-refractivity contribution in [2.45, 2.75) is 46.6 Å². The fourth-order valence-electron chi connectivity index (χ4n) is 2.26. The Labute approximate surface area is 117 Å². The highest BCUT2D eigenvalue weighted by molar-refractivity contribution is 5.78. The Bertz CT molecular complexity index is 267. The van der Waals surface area contributed by atoms with Gasteiger partial charge in [-0.1, -0.05) is 27.7 Å². The number of carbonyl (C=O) groups excluding carboxylic acids is 1. The van der Waals surface area contributed by atoms with Crippen molar-refractivity contribution < 1.29 is 9.53 Å². The molecule has 0 radical (unpaired) electrons. The van der Waals surface area contributed by atoms with Crippen molar-refractivity contribution in [3.8, 4) is 0 Å². The molecule has 1 atom stereocenters. The Morgan fingerprint density at radius 3 is 2.74 bits per heavy atom. The van der Waals surface area contributed by atoms with Crippen LogP contribution in [-0.4, -0.2) is 49.7 Å². The van der Waals surface area contributed by atoms with Gasteiger partial charge in [0.15, 0.2) is 0 Å². The van der Waals surface area contributed by atoms with Crippen LogP contribution >= 0.6 is 0 Å². The van der Waals surface area contributed by atoms with E-state index in [0.29, 0.717) is 12.0 Å². The molecule has 1 aliphatic rings. The summed E-state index contributed by atoms with van der Waals surface area (Å²) < 4.78 is 5.62. The molecule has 19 heavy (non-hydrogen) atoms. The monoisotopic (exact) mass is 270 g/mol. The van der Waals surface area contributed by atoms with Crippen LogP contribution < -0.4 is 5.32 Å². The van der Waals surface area contributed by atoms with Crippen LogP contribution in [0.1, 0.15) is 40.5 Å². The van der Waals surface area contributed by atoms with Gasteiger partial charge in [-0.2, -0.15) is 0 Å². The van der Waals surface area contributed by atoms with Crippen molar-refractivity contribution >= 4 is 5.91 Å². The molecule has 0 aromatic rings. The third-order valence-electron chi connectivity index (χ3n) is 3.38. The molecule has 4 nitrogen and oxygen atoms in total. The van der Waals surface area contributed by atoms with Gasteiger partial charge in [0.25, 0.3) is 0 Å². The summed E-state index contributed by atoms with van der Waals surface area (Å²) in [6.45, 7) is 12.9. The zero-order valence-electron chi connectivity index (χ0n) is 12.9. The molecule has 0 unspecified atom stereocenters. The molecule has 0 aliphatic carbocycles. The molecule has 1 fully saturated rings. The van der Waals surface area contributed by atoms with Crippen LogP contribution in [0, 0.1) is 11.8 Å². The van der Waals surface area contributed by atoms with Gasteiger partial charge >= 0.3 is 0 Å². The number of hydrogen-bond donors (Lipinski definition) is 1. The smallest absolute Gasteiger partial charge is 0.222 e. The lowest BCUT2D eigenvalue weighted by atomic mass is 10.0. The molecule has 0 bridgehead atoms. The first kappa shape index (κ1) is 16.4. The second kappa shape index (κ2) is 8.54. The van der Waals surface area contributed by atoms with Crippen LogP contribution in [0.4, 0.5) is 0 Å². The molecule has 4 heteroatoms. The van der Waals surface area contributed by atoms with Crippen molar-refractivity contribution in [1.29, 1.82) is 0 Å². The van der Waals surface area contributed by atoms with Gasteiger partial charge in [0.2, 0.25) is 5.91 Å². The molecule has 0 aromatic carbocycles. The first-order chi connectivity index (χ1) is 8.99. The summed E-state index contributed by atoms with van der Waals surface area (Å²) in [6, 6.07) is 0.314. The minimum atomic E-state index is 0.0738. The van der Waals surface area contributed by atoms with Crippen molar-refractivity contribution in [3.05, 3.63) is 0 Å². The molecule has 0 saturated carbocycles. The lowest BCUT2D eigenvalue weighted by molar-refractivity contribution is -0.125. The van der Waals surface area contributed by atoms with Gasteiger partial charge < -0.3 is 10.1 Å². The third-order valence-corrected chi connectivity index (χ3v) is 3.38. The minimum absolute atomic E-state index is 0.0738. The molecular formula is C15H30N2O2. The van der Waals surface area contributed by atoms with E-state index in [4.69, 9.17) is 4.74 Å². The number of likely N-dealkylation sites (tertiary alicyclic amines) is 1. The van der Waals surface area contributed by atoms with Crippen LogP contribution in [0.5, 0.6) is 0 Å². The van der Waals surface area contributed by atoms with E-state index in [1.165, 1.54) is 0 Å². The molecule has 1 rings (SSSR count). The number of ether oxygens (including phenoxy) is 1. The van der Waals surface area contributed by atoms with Crippen LogP contribution in [0.3, 0.4) is 0 Å². The van der Waals surface area contributed by atoms with Gasteiger partial charge in [-0.05, 0) is 25.3 Å². The fraction of sp³-hybridized carbons (Fsp3) is 0.933. The lowest BCUT2D eigenvalue weighted by Crippen LogP contribution is -2.49. The molecule has 112 valence electrons. The first-order valence-corrected chi connectivity index (χ1v) is 7.59. The van der Waals surface area contributed by atoms with Crippen molar-refractivity contribution in [1.82, 2.24) is 10.2 Å². The van der Waals surface area contributed by atoms with Gasteiger partial charge in [0, 0.05) is 31.7 Å². The van der Waals surface area contributed by atoms with Gasteiger partial charge in [0.05, 0.1) is 6.61 Å². The third kappa shape index (κ3) is 6.92. The Morgan fingerprint density at radius 2 is 2.11 bits per heavy atom. The highest BCUT2D eigenvalue weighted by Gasteiger charge is 2.21. The second-order valence-electron chi connectivity index (χ2n) is 6.27. The highest BCUT2D eigenvalue weighted by atomic mass is 16.5. The van der Waals surface area contributed by atoms with E-state index in [0.717, 1.165) is 45.7 Å². The molecule has 1 N–H and O–H groups in total. The SMILES string of the molecule is CC(C)COCCN1CCC[C@H](NC(=O)C(C)C)C1. The number of nitrogens with one attached hydrogen (secondary N) is 1. The van der Waals surface area contributed by atoms with Crippen molar-refractivity contribution in [2.75, 3.05) is 32.8 Å². The highest BCUT2D eigenvalue weighted by Crippen LogP contribution is 2.10. The molecular weight excluding hydrogens is 240 g/mol. The summed E-state index contributed by atoms with van der Waals surface area (Å²) in [4.78, 5) is 14.1. The van der Waals surface area contributed by atoms with E-state index < -0.39 is 0 Å². The minimum Gasteiger partial charge on any atom is -0.380 e. The van der Waals surface area contributed by atoms with Crippen molar-refractivity contribution in [2.24, 2.45) is 11.8 Å². The van der Waals surface area contributed by atoms with Gasteiger partial charge in [-0.3, -0.25) is 9.69 Å². The summed E-state index contributed by atoms with van der Waals surface area (Å²) in [7, 11) is 0. The van der Waals surface area contributed by atoms with E-state index in [-0.39, 0.29) is 11.8 Å². The standard InChI is InChI=1S/C15H30N2O2/c1-12(2)11-19-9-8-17-7-5-6-14(10-17)16-15(18)13(3)4/h12-14H,5-11H2,1-4H3,(H,16,18)/t14-/m0/s1. The largest absolute Gasteiger partial charge is 0.380 e. The zero-order chi connectivity index (χ0) is 14.3. The number of hydrogen-bond acceptors (Lipinski definition) is 3. The average Bonchev–Trinajstić information content (AvgIpc) is 2.35. The molecule has 0 spiro atoms. The second-order valence-corrected chi connectivity index (χ2v) is 6.27. The summed E-state index contributed by atoms with van der Waals surface area (Å²) in [5.74, 6) is 0.840. The normalized spacial score (nSPS) is 21.1. The zero-order valence-corrected chi connectivity index (χ0v) is 12.9. The van der Waals surface area contributed by atoms with Crippen LogP contribution in [0.2, 0.25) is 0 Å². The predicted molar refractivity (Wildman–Crippen MR) is 78.1 cm³/mol. The number of carbonyl (C=O) groups is 1. The lowest BCUT2D eigenvalue weighted by Gasteiger charge is -2.33. The van der Waals surface area contributed by atoms with Gasteiger partial charge in [0.1, 0.15) is 0 Å². The quantitative estimate of drug-likeness (QED) is 0.718. The fourth-order valence-corrected chi connectivity index (χ4v) is 2.26. The summed E-state index contributed by atoms with van der Waals surface area (Å²) in [5, 5.41) is 3.14. The van der Waals surface area contributed by atoms with E-state index >= 15 is 0 Å². The molecule has 0 aromatic heterocycles. The predicted octanol–water partition coefficient (Wildman–Crippen LogP) is 1.90. The Balaban J connectivity index is 2.20. The molecule has 1 aliphatic heterocycles. The number of nitrogens with zero attached hydrogens (tertiary/aromatic N) is 1. The van der Waals surface area contributed by atoms with Gasteiger partial charge in [-0.25, -0.2) is 0 Å². The van der Waals surface area contributed by atoms with Crippen LogP contribution in [0.15, 0.2) is 0 Å². The molecule has 1 heterocycles. The molecule has 1 saturated heterocycles. The maximum Gasteiger partial charge on any atom is 0.222 e. The van der Waals surface area contributed by atoms with E-state index in [9.17, 15) is 4.79 Å². The van der Waals surface area contributed by atoms with Gasteiger partial charge in [-0.15, -0.1) is 0 Å². The summed E-state index contributed by atoms with van der Waals surface area (Å²) >= 11 is 0. The summed E-state index contributed by atoms with van der Waals surface area (Å²) in [5.41, 5.74) is 0. The number of amides is 1. The maximum absolute atomic E-state index is 11.7. The van der Waals surface area contributed by atoms with Crippen LogP contribution in [0.25, 0.3) is 0 Å². The van der Waals surface area contributed by atoms with E-state index in [1.807, 2.05) is 13.8 Å². The average molecular weight is 270 g/mol. The topological polar surface area (TPSA) is 41.6 Å². The van der Waals surface area contributed by atoms with E-state index in [2.05, 4.69) is 24.1 Å². The van der Waals surface area contributed by atoms with E-state index in [1.54, 1.807) is 0 Å². The summed E-state index contributed by atoms with van der Waals surface area (Å²) in [6.07, 6.45) is 2.26. The van der Waals surface area contributed by atoms with Crippen molar-refractivity contribution in [3.63, 3.8) is 0 Å². The maximum atomic E-state index is 11.7. The Hall–Kier alpha value is -0.610.